The Bertz CT molecular complexity index is 982. The summed E-state index contributed by atoms with van der Waals surface area (Å²) >= 11 is 6.02. The quantitative estimate of drug-likeness (QED) is 0.746. The van der Waals surface area contributed by atoms with Gasteiger partial charge in [-0.05, 0) is 37.1 Å². The summed E-state index contributed by atoms with van der Waals surface area (Å²) in [5, 5.41) is 4.42. The topological polar surface area (TPSA) is 72.2 Å². The van der Waals surface area contributed by atoms with Crippen molar-refractivity contribution in [3.63, 3.8) is 0 Å². The first-order valence-corrected chi connectivity index (χ1v) is 9.04. The number of aryl methyl sites for hydroxylation is 2. The third kappa shape index (κ3) is 3.29. The molecule has 2 aromatic carbocycles. The van der Waals surface area contributed by atoms with E-state index >= 15 is 0 Å². The summed E-state index contributed by atoms with van der Waals surface area (Å²) in [5.41, 5.74) is 2.63. The van der Waals surface area contributed by atoms with Crippen LogP contribution in [0, 0.1) is 13.8 Å². The van der Waals surface area contributed by atoms with Crippen LogP contribution in [-0.2, 0) is 10.0 Å². The number of hydrogen-bond donors (Lipinski definition) is 1. The second-order valence-electron chi connectivity index (χ2n) is 5.41. The molecular weight excluding hydrogens is 348 g/mol. The minimum atomic E-state index is -3.79. The van der Waals surface area contributed by atoms with Crippen LogP contribution in [0.3, 0.4) is 0 Å². The third-order valence-electron chi connectivity index (χ3n) is 3.56. The molecule has 3 rings (SSSR count). The van der Waals surface area contributed by atoms with Gasteiger partial charge in [-0.25, -0.2) is 13.1 Å². The first-order valence-electron chi connectivity index (χ1n) is 7.18. The van der Waals surface area contributed by atoms with E-state index in [1.54, 1.807) is 26.0 Å². The van der Waals surface area contributed by atoms with Crippen LogP contribution in [0.25, 0.3) is 11.3 Å². The molecule has 0 aliphatic carbocycles. The van der Waals surface area contributed by atoms with E-state index in [4.69, 9.17) is 16.1 Å². The molecule has 1 N–H and O–H groups in total. The van der Waals surface area contributed by atoms with Crippen molar-refractivity contribution in [3.05, 3.63) is 64.7 Å². The highest BCUT2D eigenvalue weighted by Crippen LogP contribution is 2.27. The van der Waals surface area contributed by atoms with Gasteiger partial charge in [-0.15, -0.1) is 0 Å². The smallest absolute Gasteiger partial charge is 0.264 e. The molecule has 1 aromatic heterocycles. The van der Waals surface area contributed by atoms with Crippen LogP contribution in [0.1, 0.15) is 11.1 Å². The van der Waals surface area contributed by atoms with Crippen molar-refractivity contribution in [1.29, 1.82) is 0 Å². The minimum Gasteiger partial charge on any atom is -0.337 e. The minimum absolute atomic E-state index is 0.0563. The van der Waals surface area contributed by atoms with Crippen molar-refractivity contribution in [3.8, 4) is 11.3 Å². The molecule has 5 nitrogen and oxygen atoms in total. The molecule has 0 fully saturated rings. The molecule has 0 saturated carbocycles. The molecule has 0 bridgehead atoms. The third-order valence-corrected chi connectivity index (χ3v) is 5.46. The number of rotatable bonds is 4. The number of aromatic nitrogens is 1. The summed E-state index contributed by atoms with van der Waals surface area (Å²) in [4.78, 5) is 0.155. The molecule has 0 spiro atoms. The molecule has 0 amide bonds. The van der Waals surface area contributed by atoms with Crippen molar-refractivity contribution < 1.29 is 12.9 Å². The van der Waals surface area contributed by atoms with E-state index in [-0.39, 0.29) is 10.8 Å². The average molecular weight is 363 g/mol. The van der Waals surface area contributed by atoms with Gasteiger partial charge in [-0.2, -0.15) is 0 Å². The predicted octanol–water partition coefficient (Wildman–Crippen LogP) is 4.41. The van der Waals surface area contributed by atoms with Gasteiger partial charge >= 0.3 is 0 Å². The van der Waals surface area contributed by atoms with E-state index in [0.29, 0.717) is 21.8 Å². The first-order chi connectivity index (χ1) is 11.4. The van der Waals surface area contributed by atoms with Gasteiger partial charge < -0.3 is 4.52 Å². The molecule has 0 aliphatic rings. The lowest BCUT2D eigenvalue weighted by atomic mass is 10.2. The summed E-state index contributed by atoms with van der Waals surface area (Å²) in [6, 6.07) is 14.1. The average Bonchev–Trinajstić information content (AvgIpc) is 2.99. The van der Waals surface area contributed by atoms with Crippen LogP contribution in [-0.4, -0.2) is 13.6 Å². The largest absolute Gasteiger partial charge is 0.337 e. The monoisotopic (exact) mass is 362 g/mol. The van der Waals surface area contributed by atoms with Gasteiger partial charge in [0.2, 0.25) is 5.88 Å². The fourth-order valence-electron chi connectivity index (χ4n) is 2.30. The van der Waals surface area contributed by atoms with Gasteiger partial charge in [-0.1, -0.05) is 47.1 Å². The standard InChI is InChI=1S/C17H15ClN2O3S/c1-11-9-16(12(2)8-14(11)18)24(21,22)20-17-10-15(19-23-17)13-6-4-3-5-7-13/h3-10,20H,1-2H3. The van der Waals surface area contributed by atoms with Gasteiger partial charge in [0.25, 0.3) is 10.0 Å². The Morgan fingerprint density at radius 1 is 1.04 bits per heavy atom. The number of nitrogens with one attached hydrogen (secondary N) is 1. The lowest BCUT2D eigenvalue weighted by Crippen LogP contribution is -2.14. The first kappa shape index (κ1) is 16.5. The highest BCUT2D eigenvalue weighted by Gasteiger charge is 2.20. The molecule has 0 saturated heterocycles. The SMILES string of the molecule is Cc1cc(S(=O)(=O)Nc2cc(-c3ccccc3)no2)c(C)cc1Cl. The van der Waals surface area contributed by atoms with E-state index in [1.165, 1.54) is 6.07 Å². The molecule has 7 heteroatoms. The molecular formula is C17H15ClN2O3S. The molecule has 1 heterocycles. The zero-order valence-electron chi connectivity index (χ0n) is 13.1. The van der Waals surface area contributed by atoms with Crippen molar-refractivity contribution in [1.82, 2.24) is 5.16 Å². The molecule has 0 unspecified atom stereocenters. The van der Waals surface area contributed by atoms with E-state index in [9.17, 15) is 8.42 Å². The highest BCUT2D eigenvalue weighted by atomic mass is 35.5. The predicted molar refractivity (Wildman–Crippen MR) is 93.7 cm³/mol. The van der Waals surface area contributed by atoms with Gasteiger partial charge in [0, 0.05) is 16.7 Å². The maximum Gasteiger partial charge on any atom is 0.264 e. The van der Waals surface area contributed by atoms with Gasteiger partial charge in [-0.3, -0.25) is 0 Å². The van der Waals surface area contributed by atoms with Crippen LogP contribution in [0.5, 0.6) is 0 Å². The summed E-state index contributed by atoms with van der Waals surface area (Å²) in [5.74, 6) is 0.0563. The molecule has 0 radical (unpaired) electrons. The van der Waals surface area contributed by atoms with E-state index in [2.05, 4.69) is 9.88 Å². The Labute approximate surface area is 145 Å². The maximum absolute atomic E-state index is 12.6. The van der Waals surface area contributed by atoms with Crippen LogP contribution in [0.4, 0.5) is 5.88 Å². The highest BCUT2D eigenvalue weighted by molar-refractivity contribution is 7.92. The Morgan fingerprint density at radius 2 is 1.75 bits per heavy atom. The van der Waals surface area contributed by atoms with Crippen molar-refractivity contribution in [2.45, 2.75) is 18.7 Å². The lowest BCUT2D eigenvalue weighted by Gasteiger charge is -2.10. The summed E-state index contributed by atoms with van der Waals surface area (Å²) in [6.45, 7) is 3.44. The molecule has 124 valence electrons. The Hall–Kier alpha value is -2.31. The fourth-order valence-corrected chi connectivity index (χ4v) is 3.80. The normalized spacial score (nSPS) is 11.5. The lowest BCUT2D eigenvalue weighted by molar-refractivity contribution is 0.438. The van der Waals surface area contributed by atoms with E-state index in [1.807, 2.05) is 30.3 Å². The fraction of sp³-hybridized carbons (Fsp3) is 0.118. The molecule has 3 aromatic rings. The Balaban J connectivity index is 1.91. The summed E-state index contributed by atoms with van der Waals surface area (Å²) in [6.07, 6.45) is 0. The van der Waals surface area contributed by atoms with Crippen molar-refractivity contribution in [2.75, 3.05) is 4.72 Å². The van der Waals surface area contributed by atoms with Crippen LogP contribution < -0.4 is 4.72 Å². The molecule has 0 aliphatic heterocycles. The van der Waals surface area contributed by atoms with Crippen molar-refractivity contribution in [2.24, 2.45) is 0 Å². The van der Waals surface area contributed by atoms with Gasteiger partial charge in [0.1, 0.15) is 5.69 Å². The van der Waals surface area contributed by atoms with Crippen molar-refractivity contribution >= 4 is 27.5 Å². The number of sulfonamides is 1. The van der Waals surface area contributed by atoms with E-state index < -0.39 is 10.0 Å². The van der Waals surface area contributed by atoms with E-state index in [0.717, 1.165) is 5.56 Å². The molecule has 0 atom stereocenters. The van der Waals surface area contributed by atoms with Gasteiger partial charge in [0.05, 0.1) is 4.90 Å². The zero-order chi connectivity index (χ0) is 17.3. The second kappa shape index (κ2) is 6.30. The van der Waals surface area contributed by atoms with Gasteiger partial charge in [0.15, 0.2) is 0 Å². The van der Waals surface area contributed by atoms with Crippen LogP contribution >= 0.6 is 11.6 Å². The second-order valence-corrected chi connectivity index (χ2v) is 7.47. The summed E-state index contributed by atoms with van der Waals surface area (Å²) in [7, 11) is -3.79. The number of hydrogen-bond acceptors (Lipinski definition) is 4. The summed E-state index contributed by atoms with van der Waals surface area (Å²) < 4.78 is 32.7. The number of anilines is 1. The van der Waals surface area contributed by atoms with Crippen LogP contribution in [0.15, 0.2) is 57.9 Å². The zero-order valence-corrected chi connectivity index (χ0v) is 14.6. The maximum atomic E-state index is 12.6. The molecule has 24 heavy (non-hydrogen) atoms. The Morgan fingerprint density at radius 3 is 2.46 bits per heavy atom. The number of benzene rings is 2. The number of halogens is 1. The number of nitrogens with zero attached hydrogens (tertiary/aromatic N) is 1. The Kier molecular flexibility index (Phi) is 4.34. The van der Waals surface area contributed by atoms with Crippen LogP contribution in [0.2, 0.25) is 5.02 Å².